The molecule has 2 aromatic rings. The Bertz CT molecular complexity index is 634. The molecule has 0 bridgehead atoms. The van der Waals surface area contributed by atoms with Gasteiger partial charge in [-0.05, 0) is 23.3 Å². The number of carbonyl (C=O) groups excluding carboxylic acids is 1. The summed E-state index contributed by atoms with van der Waals surface area (Å²) in [5.41, 5.74) is 2.96. The monoisotopic (exact) mass is 276 g/mol. The smallest absolute Gasteiger partial charge is 0.164 e. The minimum Gasteiger partial charge on any atom is -0.294 e. The number of Topliss-reactive ketones (excluding diaryl/α,β-unsaturated/α-hetero) is 1. The molecule has 0 N–H and O–H groups in total. The maximum absolute atomic E-state index is 11.9. The Labute approximate surface area is 115 Å². The molecular formula is C15H10Cl2O. The van der Waals surface area contributed by atoms with Crippen LogP contribution in [0.1, 0.15) is 33.8 Å². The van der Waals surface area contributed by atoms with Crippen LogP contribution in [0.25, 0.3) is 0 Å². The van der Waals surface area contributed by atoms with Gasteiger partial charge in [0.05, 0.1) is 10.0 Å². The summed E-state index contributed by atoms with van der Waals surface area (Å²) in [6.07, 6.45) is 0.511. The lowest BCUT2D eigenvalue weighted by Crippen LogP contribution is -1.96. The van der Waals surface area contributed by atoms with Crippen molar-refractivity contribution in [3.05, 3.63) is 69.2 Å². The Hall–Kier alpha value is -1.31. The maximum atomic E-state index is 11.9. The van der Waals surface area contributed by atoms with Gasteiger partial charge in [0.1, 0.15) is 0 Å². The van der Waals surface area contributed by atoms with Crippen LogP contribution < -0.4 is 0 Å². The standard InChI is InChI=1S/C15H10Cl2O/c16-13-6-5-9(7-14(13)17)12-8-15(18)11-4-2-1-3-10(11)12/h1-7,12H,8H2/t12-/m1/s1. The second-order valence-electron chi connectivity index (χ2n) is 4.44. The Kier molecular flexibility index (Phi) is 2.89. The second-order valence-corrected chi connectivity index (χ2v) is 5.26. The number of halogens is 2. The highest BCUT2D eigenvalue weighted by molar-refractivity contribution is 6.42. The first kappa shape index (κ1) is 11.8. The van der Waals surface area contributed by atoms with Crippen LogP contribution in [0.4, 0.5) is 0 Å². The van der Waals surface area contributed by atoms with E-state index in [9.17, 15) is 4.79 Å². The van der Waals surface area contributed by atoms with Gasteiger partial charge in [-0.2, -0.15) is 0 Å². The van der Waals surface area contributed by atoms with E-state index in [0.717, 1.165) is 16.7 Å². The summed E-state index contributed by atoms with van der Waals surface area (Å²) in [6, 6.07) is 13.3. The fourth-order valence-corrected chi connectivity index (χ4v) is 2.79. The van der Waals surface area contributed by atoms with E-state index in [4.69, 9.17) is 23.2 Å². The van der Waals surface area contributed by atoms with Crippen LogP contribution in [-0.4, -0.2) is 5.78 Å². The zero-order valence-corrected chi connectivity index (χ0v) is 11.0. The number of rotatable bonds is 1. The molecule has 0 spiro atoms. The van der Waals surface area contributed by atoms with Gasteiger partial charge in [0.25, 0.3) is 0 Å². The summed E-state index contributed by atoms with van der Waals surface area (Å²) in [5.74, 6) is 0.296. The van der Waals surface area contributed by atoms with Crippen molar-refractivity contribution >= 4 is 29.0 Å². The number of ketones is 1. The molecule has 0 aromatic heterocycles. The lowest BCUT2D eigenvalue weighted by atomic mass is 9.93. The van der Waals surface area contributed by atoms with Crippen molar-refractivity contribution < 1.29 is 4.79 Å². The quantitative estimate of drug-likeness (QED) is 0.737. The number of benzene rings is 2. The normalized spacial score (nSPS) is 17.9. The van der Waals surface area contributed by atoms with E-state index in [0.29, 0.717) is 16.5 Å². The van der Waals surface area contributed by atoms with Crippen LogP contribution in [0, 0.1) is 0 Å². The largest absolute Gasteiger partial charge is 0.294 e. The molecule has 0 heterocycles. The van der Waals surface area contributed by atoms with Crippen LogP contribution in [0.2, 0.25) is 10.0 Å². The predicted octanol–water partition coefficient (Wildman–Crippen LogP) is 4.71. The van der Waals surface area contributed by atoms with Gasteiger partial charge < -0.3 is 0 Å². The van der Waals surface area contributed by atoms with E-state index < -0.39 is 0 Å². The highest BCUT2D eigenvalue weighted by Crippen LogP contribution is 2.39. The molecule has 1 nitrogen and oxygen atoms in total. The zero-order chi connectivity index (χ0) is 12.7. The van der Waals surface area contributed by atoms with E-state index in [1.807, 2.05) is 36.4 Å². The van der Waals surface area contributed by atoms with Gasteiger partial charge in [-0.25, -0.2) is 0 Å². The van der Waals surface area contributed by atoms with E-state index in [2.05, 4.69) is 0 Å². The third-order valence-electron chi connectivity index (χ3n) is 3.37. The summed E-state index contributed by atoms with van der Waals surface area (Å²) in [7, 11) is 0. The molecule has 0 aliphatic heterocycles. The first-order valence-electron chi connectivity index (χ1n) is 5.74. The molecule has 90 valence electrons. The molecule has 1 atom stereocenters. The average Bonchev–Trinajstić information content (AvgIpc) is 2.71. The Morgan fingerprint density at radius 3 is 2.56 bits per heavy atom. The van der Waals surface area contributed by atoms with Gasteiger partial charge in [0, 0.05) is 17.9 Å². The van der Waals surface area contributed by atoms with Gasteiger partial charge in [0.15, 0.2) is 5.78 Å². The Morgan fingerprint density at radius 2 is 1.78 bits per heavy atom. The van der Waals surface area contributed by atoms with Crippen LogP contribution in [0.3, 0.4) is 0 Å². The van der Waals surface area contributed by atoms with Crippen molar-refractivity contribution in [2.24, 2.45) is 0 Å². The molecule has 3 rings (SSSR count). The Balaban J connectivity index is 2.09. The summed E-state index contributed by atoms with van der Waals surface area (Å²) in [5, 5.41) is 1.07. The van der Waals surface area contributed by atoms with Gasteiger partial charge in [-0.3, -0.25) is 4.79 Å². The first-order chi connectivity index (χ1) is 8.66. The topological polar surface area (TPSA) is 17.1 Å². The highest BCUT2D eigenvalue weighted by atomic mass is 35.5. The fourth-order valence-electron chi connectivity index (χ4n) is 2.49. The molecule has 0 amide bonds. The van der Waals surface area contributed by atoms with E-state index in [-0.39, 0.29) is 11.7 Å². The third kappa shape index (κ3) is 1.84. The van der Waals surface area contributed by atoms with E-state index in [1.54, 1.807) is 6.07 Å². The summed E-state index contributed by atoms with van der Waals surface area (Å²) < 4.78 is 0. The molecule has 2 aromatic carbocycles. The molecule has 0 fully saturated rings. The van der Waals surface area contributed by atoms with Crippen molar-refractivity contribution in [2.45, 2.75) is 12.3 Å². The van der Waals surface area contributed by atoms with Crippen molar-refractivity contribution in [1.29, 1.82) is 0 Å². The molecule has 1 aliphatic carbocycles. The number of fused-ring (bicyclic) bond motifs is 1. The van der Waals surface area contributed by atoms with E-state index in [1.165, 1.54) is 0 Å². The Morgan fingerprint density at radius 1 is 1.00 bits per heavy atom. The molecule has 0 saturated carbocycles. The van der Waals surface area contributed by atoms with E-state index >= 15 is 0 Å². The number of carbonyl (C=O) groups is 1. The first-order valence-corrected chi connectivity index (χ1v) is 6.49. The molecule has 3 heteroatoms. The lowest BCUT2D eigenvalue weighted by Gasteiger charge is -2.11. The van der Waals surface area contributed by atoms with Crippen molar-refractivity contribution in [3.63, 3.8) is 0 Å². The van der Waals surface area contributed by atoms with Crippen LogP contribution >= 0.6 is 23.2 Å². The molecule has 0 unspecified atom stereocenters. The van der Waals surface area contributed by atoms with Gasteiger partial charge >= 0.3 is 0 Å². The minimum absolute atomic E-state index is 0.100. The van der Waals surface area contributed by atoms with Crippen LogP contribution in [-0.2, 0) is 0 Å². The van der Waals surface area contributed by atoms with Crippen molar-refractivity contribution in [2.75, 3.05) is 0 Å². The van der Waals surface area contributed by atoms with Gasteiger partial charge in [0.2, 0.25) is 0 Å². The number of hydrogen-bond acceptors (Lipinski definition) is 1. The fraction of sp³-hybridized carbons (Fsp3) is 0.133. The lowest BCUT2D eigenvalue weighted by molar-refractivity contribution is 0.0991. The SMILES string of the molecule is O=C1C[C@H](c2ccc(Cl)c(Cl)c2)c2ccccc21. The van der Waals surface area contributed by atoms with Gasteiger partial charge in [-0.1, -0.05) is 53.5 Å². The molecule has 18 heavy (non-hydrogen) atoms. The summed E-state index contributed by atoms with van der Waals surface area (Å²) in [4.78, 5) is 11.9. The predicted molar refractivity (Wildman–Crippen MR) is 73.7 cm³/mol. The van der Waals surface area contributed by atoms with Crippen LogP contribution in [0.15, 0.2) is 42.5 Å². The van der Waals surface area contributed by atoms with Crippen molar-refractivity contribution in [3.8, 4) is 0 Å². The molecule has 0 radical (unpaired) electrons. The second kappa shape index (κ2) is 4.42. The van der Waals surface area contributed by atoms with Crippen LogP contribution in [0.5, 0.6) is 0 Å². The molecule has 1 aliphatic rings. The maximum Gasteiger partial charge on any atom is 0.164 e. The summed E-state index contributed by atoms with van der Waals surface area (Å²) in [6.45, 7) is 0. The zero-order valence-electron chi connectivity index (χ0n) is 9.49. The minimum atomic E-state index is 0.100. The van der Waals surface area contributed by atoms with Crippen molar-refractivity contribution in [1.82, 2.24) is 0 Å². The molecule has 0 saturated heterocycles. The number of hydrogen-bond donors (Lipinski definition) is 0. The average molecular weight is 277 g/mol. The third-order valence-corrected chi connectivity index (χ3v) is 4.11. The van der Waals surface area contributed by atoms with Gasteiger partial charge in [-0.15, -0.1) is 0 Å². The highest BCUT2D eigenvalue weighted by Gasteiger charge is 2.30. The summed E-state index contributed by atoms with van der Waals surface area (Å²) >= 11 is 12.0. The molecular weight excluding hydrogens is 267 g/mol.